The minimum atomic E-state index is -0.465. The summed E-state index contributed by atoms with van der Waals surface area (Å²) in [5.74, 6) is 0.316. The van der Waals surface area contributed by atoms with Gasteiger partial charge in [0.2, 0.25) is 0 Å². The average molecular weight is 342 g/mol. The number of rotatable bonds is 4. The molecule has 0 N–H and O–H groups in total. The minimum Gasteiger partial charge on any atom is -0.444 e. The Morgan fingerprint density at radius 3 is 2.83 bits per heavy atom. The van der Waals surface area contributed by atoms with Gasteiger partial charge in [-0.2, -0.15) is 5.10 Å². The lowest BCUT2D eigenvalue weighted by Crippen LogP contribution is -2.43. The first-order chi connectivity index (χ1) is 10.8. The van der Waals surface area contributed by atoms with Gasteiger partial charge in [-0.05, 0) is 45.7 Å². The van der Waals surface area contributed by atoms with Gasteiger partial charge in [-0.1, -0.05) is 11.6 Å². The van der Waals surface area contributed by atoms with E-state index >= 15 is 0 Å². The van der Waals surface area contributed by atoms with Gasteiger partial charge in [0.05, 0.1) is 18.9 Å². The molecule has 1 aliphatic heterocycles. The summed E-state index contributed by atoms with van der Waals surface area (Å²) in [5.41, 5.74) is 0.280. The topological polar surface area (TPSA) is 64.5 Å². The van der Waals surface area contributed by atoms with Crippen LogP contribution in [0.15, 0.2) is 12.1 Å². The zero-order chi connectivity index (χ0) is 16.9. The molecule has 23 heavy (non-hydrogen) atoms. The number of aromatic nitrogens is 2. The van der Waals surface area contributed by atoms with Crippen LogP contribution in [0.25, 0.3) is 0 Å². The van der Waals surface area contributed by atoms with Crippen LogP contribution in [-0.2, 0) is 16.1 Å². The molecule has 128 valence electrons. The van der Waals surface area contributed by atoms with Gasteiger partial charge < -0.3 is 14.4 Å². The highest BCUT2D eigenvalue weighted by molar-refractivity contribution is 6.29. The van der Waals surface area contributed by atoms with Crippen LogP contribution in [-0.4, -0.2) is 46.5 Å². The Labute approximate surface area is 142 Å². The summed E-state index contributed by atoms with van der Waals surface area (Å²) in [6, 6.07) is 3.49. The molecule has 6 nitrogen and oxygen atoms in total. The van der Waals surface area contributed by atoms with Crippen LogP contribution in [0.4, 0.5) is 4.79 Å². The summed E-state index contributed by atoms with van der Waals surface area (Å²) in [5, 5.41) is 8.10. The Bertz CT molecular complexity index is 516. The molecule has 0 aromatic carbocycles. The third-order valence-corrected chi connectivity index (χ3v) is 3.66. The first kappa shape index (κ1) is 17.9. The molecule has 1 atom stereocenters. The highest BCUT2D eigenvalue weighted by Crippen LogP contribution is 2.20. The standard InChI is InChI=1S/C16H24ClN3O3/c1-16(2,3)23-15(21)20-8-4-5-12(9-20)10-22-11-13-6-7-14(17)19-18-13/h6-7,12H,4-5,8-11H2,1-3H3. The fourth-order valence-electron chi connectivity index (χ4n) is 2.44. The molecule has 0 radical (unpaired) electrons. The van der Waals surface area contributed by atoms with Gasteiger partial charge in [0.25, 0.3) is 0 Å². The number of carbonyl (C=O) groups is 1. The summed E-state index contributed by atoms with van der Waals surface area (Å²) in [6.07, 6.45) is 1.77. The highest BCUT2D eigenvalue weighted by atomic mass is 35.5. The van der Waals surface area contributed by atoms with Crippen LogP contribution < -0.4 is 0 Å². The lowest BCUT2D eigenvalue weighted by molar-refractivity contribution is 0.00563. The Kier molecular flexibility index (Phi) is 6.18. The van der Waals surface area contributed by atoms with Gasteiger partial charge in [-0.15, -0.1) is 5.10 Å². The molecule has 1 unspecified atom stereocenters. The highest BCUT2D eigenvalue weighted by Gasteiger charge is 2.27. The molecule has 2 rings (SSSR count). The van der Waals surface area contributed by atoms with Crippen molar-refractivity contribution < 1.29 is 14.3 Å². The normalized spacial score (nSPS) is 18.8. The second-order valence-electron chi connectivity index (χ2n) is 6.80. The Morgan fingerprint density at radius 2 is 2.17 bits per heavy atom. The fourth-order valence-corrected chi connectivity index (χ4v) is 2.54. The van der Waals surface area contributed by atoms with Crippen LogP contribution in [0.3, 0.4) is 0 Å². The van der Waals surface area contributed by atoms with E-state index in [0.717, 1.165) is 25.1 Å². The predicted octanol–water partition coefficient (Wildman–Crippen LogP) is 3.29. The largest absolute Gasteiger partial charge is 0.444 e. The van der Waals surface area contributed by atoms with Crippen molar-refractivity contribution >= 4 is 17.7 Å². The zero-order valence-corrected chi connectivity index (χ0v) is 14.7. The van der Waals surface area contributed by atoms with Crippen LogP contribution in [0.2, 0.25) is 5.15 Å². The van der Waals surface area contributed by atoms with Crippen molar-refractivity contribution in [2.75, 3.05) is 19.7 Å². The van der Waals surface area contributed by atoms with Crippen molar-refractivity contribution in [3.8, 4) is 0 Å². The maximum Gasteiger partial charge on any atom is 0.410 e. The molecule has 0 aliphatic carbocycles. The van der Waals surface area contributed by atoms with Crippen LogP contribution in [0, 0.1) is 5.92 Å². The van der Waals surface area contributed by atoms with Gasteiger partial charge in [-0.25, -0.2) is 4.79 Å². The molecule has 0 bridgehead atoms. The van der Waals surface area contributed by atoms with Gasteiger partial charge in [-0.3, -0.25) is 0 Å². The summed E-state index contributed by atoms with van der Waals surface area (Å²) in [6.45, 7) is 8.03. The first-order valence-electron chi connectivity index (χ1n) is 7.87. The predicted molar refractivity (Wildman–Crippen MR) is 87.2 cm³/mol. The number of hydrogen-bond donors (Lipinski definition) is 0. The van der Waals surface area contributed by atoms with E-state index in [2.05, 4.69) is 10.2 Å². The van der Waals surface area contributed by atoms with E-state index in [0.29, 0.717) is 30.8 Å². The smallest absolute Gasteiger partial charge is 0.410 e. The summed E-state index contributed by atoms with van der Waals surface area (Å²) < 4.78 is 11.1. The molecular formula is C16H24ClN3O3. The molecule has 2 heterocycles. The van der Waals surface area contributed by atoms with Crippen molar-refractivity contribution in [3.05, 3.63) is 23.0 Å². The lowest BCUT2D eigenvalue weighted by atomic mass is 9.99. The van der Waals surface area contributed by atoms with E-state index in [-0.39, 0.29) is 6.09 Å². The molecular weight excluding hydrogens is 318 g/mol. The van der Waals surface area contributed by atoms with E-state index < -0.39 is 5.60 Å². The summed E-state index contributed by atoms with van der Waals surface area (Å²) in [4.78, 5) is 13.9. The molecule has 1 amide bonds. The fraction of sp³-hybridized carbons (Fsp3) is 0.688. The number of carbonyl (C=O) groups excluding carboxylic acids is 1. The SMILES string of the molecule is CC(C)(C)OC(=O)N1CCCC(COCc2ccc(Cl)nn2)C1. The number of amides is 1. The van der Waals surface area contributed by atoms with Crippen molar-refractivity contribution in [1.29, 1.82) is 0 Å². The molecule has 7 heteroatoms. The van der Waals surface area contributed by atoms with Crippen LogP contribution >= 0.6 is 11.6 Å². The minimum absolute atomic E-state index is 0.245. The lowest BCUT2D eigenvalue weighted by Gasteiger charge is -2.34. The van der Waals surface area contributed by atoms with Crippen molar-refractivity contribution in [2.45, 2.75) is 45.8 Å². The van der Waals surface area contributed by atoms with E-state index in [1.54, 1.807) is 17.0 Å². The van der Waals surface area contributed by atoms with Gasteiger partial charge in [0, 0.05) is 19.0 Å². The number of nitrogens with zero attached hydrogens (tertiary/aromatic N) is 3. The van der Waals surface area contributed by atoms with Crippen molar-refractivity contribution in [2.24, 2.45) is 5.92 Å². The molecule has 1 saturated heterocycles. The van der Waals surface area contributed by atoms with Gasteiger partial charge in [0.15, 0.2) is 5.15 Å². The number of hydrogen-bond acceptors (Lipinski definition) is 5. The molecule has 0 saturated carbocycles. The average Bonchev–Trinajstić information content (AvgIpc) is 2.48. The second-order valence-corrected chi connectivity index (χ2v) is 7.18. The van der Waals surface area contributed by atoms with Crippen LogP contribution in [0.1, 0.15) is 39.3 Å². The maximum absolute atomic E-state index is 12.1. The van der Waals surface area contributed by atoms with Crippen molar-refractivity contribution in [1.82, 2.24) is 15.1 Å². The van der Waals surface area contributed by atoms with Gasteiger partial charge >= 0.3 is 6.09 Å². The van der Waals surface area contributed by atoms with Gasteiger partial charge in [0.1, 0.15) is 5.60 Å². The number of halogens is 1. The number of piperidine rings is 1. The summed E-state index contributed by atoms with van der Waals surface area (Å²) >= 11 is 5.70. The quantitative estimate of drug-likeness (QED) is 0.840. The second kappa shape index (κ2) is 7.93. The monoisotopic (exact) mass is 341 g/mol. The number of likely N-dealkylation sites (tertiary alicyclic amines) is 1. The van der Waals surface area contributed by atoms with Crippen molar-refractivity contribution in [3.63, 3.8) is 0 Å². The Balaban J connectivity index is 1.75. The number of ether oxygens (including phenoxy) is 2. The molecule has 0 spiro atoms. The van der Waals surface area contributed by atoms with E-state index in [1.165, 1.54) is 0 Å². The maximum atomic E-state index is 12.1. The van der Waals surface area contributed by atoms with E-state index in [4.69, 9.17) is 21.1 Å². The molecule has 1 aromatic rings. The third kappa shape index (κ3) is 6.31. The molecule has 1 aliphatic rings. The first-order valence-corrected chi connectivity index (χ1v) is 8.25. The zero-order valence-electron chi connectivity index (χ0n) is 13.9. The Hall–Kier alpha value is -1.40. The van der Waals surface area contributed by atoms with E-state index in [1.807, 2.05) is 20.8 Å². The molecule has 1 aromatic heterocycles. The Morgan fingerprint density at radius 1 is 1.39 bits per heavy atom. The van der Waals surface area contributed by atoms with Crippen LogP contribution in [0.5, 0.6) is 0 Å². The van der Waals surface area contributed by atoms with E-state index in [9.17, 15) is 4.79 Å². The molecule has 1 fully saturated rings. The summed E-state index contributed by atoms with van der Waals surface area (Å²) in [7, 11) is 0. The third-order valence-electron chi connectivity index (χ3n) is 3.46.